The van der Waals surface area contributed by atoms with Crippen LogP contribution in [-0.4, -0.2) is 0 Å². The van der Waals surface area contributed by atoms with Crippen LogP contribution in [0.1, 0.15) is 84.6 Å². The highest BCUT2D eigenvalue weighted by molar-refractivity contribution is 9.08. The summed E-state index contributed by atoms with van der Waals surface area (Å²) in [7, 11) is 0. The average Bonchev–Trinajstić information content (AvgIpc) is 2.23. The molecule has 114 valence electrons. The van der Waals surface area contributed by atoms with E-state index in [1.165, 1.54) is 22.3 Å². The topological polar surface area (TPSA) is 0 Å². The van der Waals surface area contributed by atoms with Crippen molar-refractivity contribution in [2.45, 2.75) is 83.9 Å². The van der Waals surface area contributed by atoms with Crippen LogP contribution in [0.25, 0.3) is 0 Å². The summed E-state index contributed by atoms with van der Waals surface area (Å²) < 4.78 is 0. The minimum atomic E-state index is 0.171. The Morgan fingerprint density at radius 3 is 1.25 bits per heavy atom. The van der Waals surface area contributed by atoms with E-state index in [0.29, 0.717) is 0 Å². The molecule has 0 aliphatic rings. The van der Waals surface area contributed by atoms with E-state index >= 15 is 0 Å². The molecule has 0 radical (unpaired) electrons. The monoisotopic (exact) mass is 338 g/mol. The fraction of sp³-hybridized carbons (Fsp3) is 0.684. The Hall–Kier alpha value is -0.300. The third-order valence-corrected chi connectivity index (χ3v) is 4.43. The molecule has 0 aromatic heterocycles. The van der Waals surface area contributed by atoms with E-state index in [9.17, 15) is 0 Å². The van der Waals surface area contributed by atoms with Crippen molar-refractivity contribution in [1.82, 2.24) is 0 Å². The Bertz CT molecular complexity index is 441. The van der Waals surface area contributed by atoms with E-state index in [2.05, 4.69) is 90.4 Å². The average molecular weight is 339 g/mol. The minimum absolute atomic E-state index is 0.171. The lowest BCUT2D eigenvalue weighted by Gasteiger charge is -2.33. The molecule has 0 fully saturated rings. The normalized spacial score (nSPS) is 13.7. The first-order chi connectivity index (χ1) is 8.78. The van der Waals surface area contributed by atoms with Crippen LogP contribution < -0.4 is 0 Å². The lowest BCUT2D eigenvalue weighted by molar-refractivity contribution is 0.542. The molecule has 0 nitrogen and oxygen atoms in total. The molecular formula is C19H31Br. The van der Waals surface area contributed by atoms with Gasteiger partial charge in [0.1, 0.15) is 0 Å². The molecule has 0 saturated heterocycles. The molecule has 1 rings (SSSR count). The van der Waals surface area contributed by atoms with E-state index < -0.39 is 0 Å². The van der Waals surface area contributed by atoms with E-state index in [0.717, 1.165) is 5.33 Å². The van der Waals surface area contributed by atoms with Crippen LogP contribution in [0.3, 0.4) is 0 Å². The Balaban J connectivity index is 3.75. The van der Waals surface area contributed by atoms with Gasteiger partial charge in [-0.05, 0) is 38.5 Å². The van der Waals surface area contributed by atoms with Crippen LogP contribution in [0.4, 0.5) is 0 Å². The Kier molecular flexibility index (Phi) is 4.86. The number of halogens is 1. The van der Waals surface area contributed by atoms with Crippen molar-refractivity contribution in [1.29, 1.82) is 0 Å². The van der Waals surface area contributed by atoms with Gasteiger partial charge < -0.3 is 0 Å². The van der Waals surface area contributed by atoms with Gasteiger partial charge in [-0.25, -0.2) is 0 Å². The molecule has 1 heteroatoms. The summed E-state index contributed by atoms with van der Waals surface area (Å²) in [4.78, 5) is 0. The molecule has 0 amide bonds. The van der Waals surface area contributed by atoms with Gasteiger partial charge in [0.2, 0.25) is 0 Å². The molecule has 1 aromatic rings. The molecule has 1 aromatic carbocycles. The third kappa shape index (κ3) is 3.87. The molecule has 0 aliphatic heterocycles. The molecule has 0 unspecified atom stereocenters. The van der Waals surface area contributed by atoms with Crippen LogP contribution in [0.5, 0.6) is 0 Å². The number of hydrogen-bond donors (Lipinski definition) is 0. The highest BCUT2D eigenvalue weighted by atomic mass is 79.9. The first-order valence-corrected chi connectivity index (χ1v) is 8.65. The summed E-state index contributed by atoms with van der Waals surface area (Å²) in [5.74, 6) is 0. The molecule has 20 heavy (non-hydrogen) atoms. The van der Waals surface area contributed by atoms with E-state index in [4.69, 9.17) is 0 Å². The van der Waals surface area contributed by atoms with Crippen LogP contribution >= 0.6 is 15.9 Å². The van der Waals surface area contributed by atoms with Crippen molar-refractivity contribution in [2.75, 3.05) is 0 Å². The van der Waals surface area contributed by atoms with Crippen molar-refractivity contribution >= 4 is 15.9 Å². The predicted octanol–water partition coefficient (Wildman–Crippen LogP) is 6.47. The first-order valence-electron chi connectivity index (χ1n) is 7.53. The molecule has 0 spiro atoms. The summed E-state index contributed by atoms with van der Waals surface area (Å²) in [6.45, 7) is 20.8. The van der Waals surface area contributed by atoms with Crippen LogP contribution in [0, 0.1) is 0 Å². The van der Waals surface area contributed by atoms with Crippen molar-refractivity contribution in [2.24, 2.45) is 0 Å². The summed E-state index contributed by atoms with van der Waals surface area (Å²) >= 11 is 3.72. The summed E-state index contributed by atoms with van der Waals surface area (Å²) in [5.41, 5.74) is 6.40. The quantitative estimate of drug-likeness (QED) is 0.514. The Labute approximate surface area is 134 Å². The maximum atomic E-state index is 3.72. The van der Waals surface area contributed by atoms with Crippen molar-refractivity contribution < 1.29 is 0 Å². The Morgan fingerprint density at radius 1 is 0.700 bits per heavy atom. The minimum Gasteiger partial charge on any atom is -0.0876 e. The van der Waals surface area contributed by atoms with Gasteiger partial charge in [0.25, 0.3) is 0 Å². The van der Waals surface area contributed by atoms with Gasteiger partial charge in [-0.3, -0.25) is 0 Å². The van der Waals surface area contributed by atoms with Crippen LogP contribution in [0.2, 0.25) is 0 Å². The van der Waals surface area contributed by atoms with Crippen molar-refractivity contribution in [3.05, 3.63) is 34.4 Å². The van der Waals surface area contributed by atoms with Crippen molar-refractivity contribution in [3.8, 4) is 0 Å². The molecule has 0 aliphatic carbocycles. The molecule has 0 N–H and O–H groups in total. The second-order valence-electron chi connectivity index (χ2n) is 8.93. The van der Waals surface area contributed by atoms with E-state index in [-0.39, 0.29) is 16.2 Å². The van der Waals surface area contributed by atoms with E-state index in [1.54, 1.807) is 0 Å². The lowest BCUT2D eigenvalue weighted by Crippen LogP contribution is -2.23. The largest absolute Gasteiger partial charge is 0.0876 e. The second kappa shape index (κ2) is 5.48. The zero-order chi connectivity index (χ0) is 15.9. The van der Waals surface area contributed by atoms with Gasteiger partial charge in [-0.2, -0.15) is 0 Å². The number of rotatable bonds is 1. The van der Waals surface area contributed by atoms with Gasteiger partial charge >= 0.3 is 0 Å². The van der Waals surface area contributed by atoms with Gasteiger partial charge in [-0.15, -0.1) is 0 Å². The third-order valence-electron chi connectivity index (χ3n) is 3.87. The van der Waals surface area contributed by atoms with Gasteiger partial charge in [0.15, 0.2) is 0 Å². The zero-order valence-electron chi connectivity index (χ0n) is 14.7. The zero-order valence-corrected chi connectivity index (χ0v) is 16.3. The maximum absolute atomic E-state index is 3.72. The number of alkyl halides is 1. The fourth-order valence-electron chi connectivity index (χ4n) is 2.59. The SMILES string of the molecule is CC(C)(C)c1cc(C(C)(C)C)c(CBr)c(C(C)(C)C)c1. The van der Waals surface area contributed by atoms with E-state index in [1.807, 2.05) is 0 Å². The number of benzene rings is 1. The van der Waals surface area contributed by atoms with Crippen LogP contribution in [0.15, 0.2) is 12.1 Å². The summed E-state index contributed by atoms with van der Waals surface area (Å²) in [5, 5.41) is 0.927. The summed E-state index contributed by atoms with van der Waals surface area (Å²) in [6, 6.07) is 4.84. The fourth-order valence-corrected chi connectivity index (χ4v) is 3.19. The smallest absolute Gasteiger partial charge is 0.0288 e. The van der Waals surface area contributed by atoms with Crippen molar-refractivity contribution in [3.63, 3.8) is 0 Å². The Morgan fingerprint density at radius 2 is 1.05 bits per heavy atom. The van der Waals surface area contributed by atoms with Gasteiger partial charge in [0.05, 0.1) is 0 Å². The number of hydrogen-bond acceptors (Lipinski definition) is 0. The maximum Gasteiger partial charge on any atom is 0.0288 e. The van der Waals surface area contributed by atoms with Gasteiger partial charge in [-0.1, -0.05) is 90.4 Å². The highest BCUT2D eigenvalue weighted by Crippen LogP contribution is 2.39. The van der Waals surface area contributed by atoms with Gasteiger partial charge in [0, 0.05) is 5.33 Å². The molecular weight excluding hydrogens is 308 g/mol. The first kappa shape index (κ1) is 17.8. The molecule has 0 saturated carbocycles. The highest BCUT2D eigenvalue weighted by Gasteiger charge is 2.28. The summed E-state index contributed by atoms with van der Waals surface area (Å²) in [6.07, 6.45) is 0. The standard InChI is InChI=1S/C19H31Br/c1-17(2,3)13-10-15(18(4,5)6)14(12-20)16(11-13)19(7,8)9/h10-11H,12H2,1-9H3. The molecule has 0 heterocycles. The van der Waals surface area contributed by atoms with Crippen LogP contribution in [-0.2, 0) is 21.6 Å². The second-order valence-corrected chi connectivity index (χ2v) is 9.49. The molecule has 0 atom stereocenters. The predicted molar refractivity (Wildman–Crippen MR) is 95.2 cm³/mol. The molecule has 0 bridgehead atoms. The lowest BCUT2D eigenvalue weighted by atomic mass is 9.73.